The normalized spacial score (nSPS) is 18.5. The topological polar surface area (TPSA) is 67.6 Å². The standard InChI is InChI=1S/C15H31N3O2/c1-5-8-17-15(14(16)19,13-6-7-13)11-18(12(2)3)9-10-20-4/h12-13,17H,5-11H2,1-4H3,(H2,16,19). The first-order valence-corrected chi connectivity index (χ1v) is 7.75. The second-order valence-corrected chi connectivity index (χ2v) is 6.09. The third-order valence-electron chi connectivity index (χ3n) is 4.17. The van der Waals surface area contributed by atoms with Crippen LogP contribution in [0, 0.1) is 5.92 Å². The van der Waals surface area contributed by atoms with E-state index < -0.39 is 5.54 Å². The van der Waals surface area contributed by atoms with Gasteiger partial charge in [0.15, 0.2) is 0 Å². The summed E-state index contributed by atoms with van der Waals surface area (Å²) in [5.41, 5.74) is 5.20. The molecule has 0 aromatic heterocycles. The molecule has 1 atom stereocenters. The predicted molar refractivity (Wildman–Crippen MR) is 81.5 cm³/mol. The Kier molecular flexibility index (Phi) is 6.92. The van der Waals surface area contributed by atoms with Gasteiger partial charge in [-0.05, 0) is 45.6 Å². The Morgan fingerprint density at radius 2 is 2.15 bits per heavy atom. The highest BCUT2D eigenvalue weighted by molar-refractivity contribution is 5.86. The summed E-state index contributed by atoms with van der Waals surface area (Å²) in [6.07, 6.45) is 3.19. The SMILES string of the molecule is CCCNC(CN(CCOC)C(C)C)(C(N)=O)C1CC1. The van der Waals surface area contributed by atoms with E-state index >= 15 is 0 Å². The molecule has 5 heteroatoms. The van der Waals surface area contributed by atoms with E-state index in [0.717, 1.165) is 32.4 Å². The lowest BCUT2D eigenvalue weighted by Crippen LogP contribution is -2.64. The van der Waals surface area contributed by atoms with Gasteiger partial charge in [-0.3, -0.25) is 9.69 Å². The third-order valence-corrected chi connectivity index (χ3v) is 4.17. The molecule has 1 fully saturated rings. The molecular formula is C15H31N3O2. The molecule has 118 valence electrons. The molecule has 0 bridgehead atoms. The molecule has 1 aliphatic rings. The largest absolute Gasteiger partial charge is 0.383 e. The van der Waals surface area contributed by atoms with Crippen LogP contribution >= 0.6 is 0 Å². The smallest absolute Gasteiger partial charge is 0.239 e. The van der Waals surface area contributed by atoms with Crippen LogP contribution in [0.4, 0.5) is 0 Å². The van der Waals surface area contributed by atoms with Crippen molar-refractivity contribution in [3.63, 3.8) is 0 Å². The molecule has 0 spiro atoms. The number of hydrogen-bond acceptors (Lipinski definition) is 4. The van der Waals surface area contributed by atoms with Gasteiger partial charge in [-0.15, -0.1) is 0 Å². The first-order valence-electron chi connectivity index (χ1n) is 7.75. The van der Waals surface area contributed by atoms with Crippen molar-refractivity contribution in [2.75, 3.05) is 33.4 Å². The predicted octanol–water partition coefficient (Wildman–Crippen LogP) is 0.977. The first kappa shape index (κ1) is 17.4. The summed E-state index contributed by atoms with van der Waals surface area (Å²) in [5.74, 6) is 0.173. The van der Waals surface area contributed by atoms with Crippen LogP contribution in [0.2, 0.25) is 0 Å². The Balaban J connectivity index is 2.82. The van der Waals surface area contributed by atoms with Gasteiger partial charge in [0.05, 0.1) is 6.61 Å². The van der Waals surface area contributed by atoms with E-state index in [1.807, 2.05) is 0 Å². The number of carbonyl (C=O) groups excluding carboxylic acids is 1. The molecule has 0 saturated heterocycles. The molecule has 1 amide bonds. The van der Waals surface area contributed by atoms with Crippen LogP contribution in [0.5, 0.6) is 0 Å². The Hall–Kier alpha value is -0.650. The van der Waals surface area contributed by atoms with Crippen LogP contribution in [0.25, 0.3) is 0 Å². The highest BCUT2D eigenvalue weighted by atomic mass is 16.5. The van der Waals surface area contributed by atoms with Crippen molar-refractivity contribution < 1.29 is 9.53 Å². The number of carbonyl (C=O) groups is 1. The number of nitrogens with two attached hydrogens (primary N) is 1. The molecule has 1 rings (SSSR count). The van der Waals surface area contributed by atoms with Gasteiger partial charge in [-0.2, -0.15) is 0 Å². The van der Waals surface area contributed by atoms with Crippen molar-refractivity contribution in [1.82, 2.24) is 10.2 Å². The lowest BCUT2D eigenvalue weighted by Gasteiger charge is -2.39. The van der Waals surface area contributed by atoms with Crippen LogP contribution in [0.1, 0.15) is 40.0 Å². The molecule has 0 aliphatic heterocycles. The molecule has 1 unspecified atom stereocenters. The van der Waals surface area contributed by atoms with Crippen molar-refractivity contribution in [3.05, 3.63) is 0 Å². The Labute approximate surface area is 123 Å². The maximum atomic E-state index is 12.1. The van der Waals surface area contributed by atoms with Gasteiger partial charge < -0.3 is 15.8 Å². The molecule has 0 aromatic carbocycles. The van der Waals surface area contributed by atoms with Gasteiger partial charge >= 0.3 is 0 Å². The van der Waals surface area contributed by atoms with Crippen LogP contribution in [0.3, 0.4) is 0 Å². The van der Waals surface area contributed by atoms with E-state index in [4.69, 9.17) is 10.5 Å². The summed E-state index contributed by atoms with van der Waals surface area (Å²) in [5, 5.41) is 3.45. The molecule has 3 N–H and O–H groups in total. The number of rotatable bonds is 11. The van der Waals surface area contributed by atoms with Crippen LogP contribution < -0.4 is 11.1 Å². The van der Waals surface area contributed by atoms with Crippen molar-refractivity contribution >= 4 is 5.91 Å². The Bertz CT molecular complexity index is 305. The minimum atomic E-state index is -0.575. The maximum absolute atomic E-state index is 12.1. The summed E-state index contributed by atoms with van der Waals surface area (Å²) in [6.45, 7) is 9.40. The summed E-state index contributed by atoms with van der Waals surface area (Å²) < 4.78 is 5.18. The molecule has 0 radical (unpaired) electrons. The average molecular weight is 285 g/mol. The number of ether oxygens (including phenoxy) is 1. The zero-order valence-corrected chi connectivity index (χ0v) is 13.4. The van der Waals surface area contributed by atoms with Crippen molar-refractivity contribution in [1.29, 1.82) is 0 Å². The number of amides is 1. The van der Waals surface area contributed by atoms with Gasteiger partial charge in [0.25, 0.3) is 0 Å². The molecule has 0 heterocycles. The molecule has 1 aliphatic carbocycles. The highest BCUT2D eigenvalue weighted by Gasteiger charge is 2.50. The zero-order valence-electron chi connectivity index (χ0n) is 13.4. The van der Waals surface area contributed by atoms with E-state index in [0.29, 0.717) is 25.1 Å². The number of nitrogens with one attached hydrogen (secondary N) is 1. The minimum Gasteiger partial charge on any atom is -0.383 e. The van der Waals surface area contributed by atoms with E-state index in [9.17, 15) is 4.79 Å². The number of primary amides is 1. The van der Waals surface area contributed by atoms with Crippen LogP contribution in [-0.2, 0) is 9.53 Å². The lowest BCUT2D eigenvalue weighted by molar-refractivity contribution is -0.126. The Morgan fingerprint density at radius 1 is 1.50 bits per heavy atom. The van der Waals surface area contributed by atoms with Crippen LogP contribution in [0.15, 0.2) is 0 Å². The molecule has 1 saturated carbocycles. The Morgan fingerprint density at radius 3 is 2.55 bits per heavy atom. The number of nitrogens with zero attached hydrogens (tertiary/aromatic N) is 1. The second kappa shape index (κ2) is 7.96. The third kappa shape index (κ3) is 4.43. The van der Waals surface area contributed by atoms with Gasteiger partial charge in [0.1, 0.15) is 5.54 Å². The van der Waals surface area contributed by atoms with E-state index in [1.165, 1.54) is 0 Å². The first-order chi connectivity index (χ1) is 9.47. The average Bonchev–Trinajstić information content (AvgIpc) is 3.22. The zero-order chi connectivity index (χ0) is 15.2. The van der Waals surface area contributed by atoms with Gasteiger partial charge in [0, 0.05) is 26.2 Å². The molecule has 5 nitrogen and oxygen atoms in total. The van der Waals surface area contributed by atoms with Gasteiger partial charge in [-0.25, -0.2) is 0 Å². The molecule has 20 heavy (non-hydrogen) atoms. The summed E-state index contributed by atoms with van der Waals surface area (Å²) in [6, 6.07) is 0.367. The fourth-order valence-corrected chi connectivity index (χ4v) is 2.67. The fourth-order valence-electron chi connectivity index (χ4n) is 2.67. The van der Waals surface area contributed by atoms with Gasteiger partial charge in [-0.1, -0.05) is 6.92 Å². The van der Waals surface area contributed by atoms with Crippen LogP contribution in [-0.4, -0.2) is 55.7 Å². The molecule has 0 aromatic rings. The summed E-state index contributed by atoms with van der Waals surface area (Å²) in [7, 11) is 1.70. The summed E-state index contributed by atoms with van der Waals surface area (Å²) in [4.78, 5) is 14.4. The van der Waals surface area contributed by atoms with Crippen molar-refractivity contribution in [3.8, 4) is 0 Å². The number of hydrogen-bond donors (Lipinski definition) is 2. The lowest BCUT2D eigenvalue weighted by atomic mass is 9.90. The van der Waals surface area contributed by atoms with E-state index in [-0.39, 0.29) is 5.91 Å². The fraction of sp³-hybridized carbons (Fsp3) is 0.933. The monoisotopic (exact) mass is 285 g/mol. The highest BCUT2D eigenvalue weighted by Crippen LogP contribution is 2.40. The van der Waals surface area contributed by atoms with Crippen molar-refractivity contribution in [2.45, 2.75) is 51.6 Å². The van der Waals surface area contributed by atoms with E-state index in [1.54, 1.807) is 7.11 Å². The van der Waals surface area contributed by atoms with E-state index in [2.05, 4.69) is 31.0 Å². The van der Waals surface area contributed by atoms with Crippen molar-refractivity contribution in [2.24, 2.45) is 11.7 Å². The quantitative estimate of drug-likeness (QED) is 0.594. The summed E-state index contributed by atoms with van der Waals surface area (Å²) >= 11 is 0. The molecular weight excluding hydrogens is 254 g/mol. The van der Waals surface area contributed by atoms with Gasteiger partial charge in [0.2, 0.25) is 5.91 Å². The maximum Gasteiger partial charge on any atom is 0.239 e. The second-order valence-electron chi connectivity index (χ2n) is 6.09. The number of methoxy groups -OCH3 is 1. The minimum absolute atomic E-state index is 0.212.